The largest absolute Gasteiger partial charge is 0.296 e. The van der Waals surface area contributed by atoms with Crippen molar-refractivity contribution >= 4 is 33.1 Å². The van der Waals surface area contributed by atoms with E-state index in [4.69, 9.17) is 0 Å². The van der Waals surface area contributed by atoms with Crippen LogP contribution in [-0.4, -0.2) is 21.1 Å². The van der Waals surface area contributed by atoms with E-state index in [0.29, 0.717) is 15.9 Å². The van der Waals surface area contributed by atoms with E-state index in [0.717, 1.165) is 27.3 Å². The molecule has 0 radical (unpaired) electrons. The highest BCUT2D eigenvalue weighted by Gasteiger charge is 2.18. The van der Waals surface area contributed by atoms with E-state index < -0.39 is 5.91 Å². The molecule has 2 aromatic heterocycles. The van der Waals surface area contributed by atoms with Crippen LogP contribution in [0.5, 0.6) is 0 Å². The number of amides is 1. The lowest BCUT2D eigenvalue weighted by Crippen LogP contribution is -2.19. The van der Waals surface area contributed by atoms with Crippen LogP contribution in [0.4, 0.5) is 5.13 Å². The predicted octanol–water partition coefficient (Wildman–Crippen LogP) is 4.22. The maximum atomic E-state index is 12.8. The number of aromatic amines is 1. The fraction of sp³-hybridized carbons (Fsp3) is 0.143. The first kappa shape index (κ1) is 18.1. The van der Waals surface area contributed by atoms with Crippen LogP contribution < -0.4 is 10.9 Å². The molecular weight excluding hydrogens is 372 g/mol. The van der Waals surface area contributed by atoms with Gasteiger partial charge in [0.2, 0.25) is 0 Å². The van der Waals surface area contributed by atoms with Gasteiger partial charge in [-0.25, -0.2) is 10.1 Å². The molecule has 0 spiro atoms. The molecule has 0 fully saturated rings. The van der Waals surface area contributed by atoms with E-state index in [1.54, 1.807) is 24.3 Å². The van der Waals surface area contributed by atoms with Crippen LogP contribution in [0, 0.1) is 20.8 Å². The molecule has 0 saturated heterocycles. The number of aryl methyl sites for hydroxylation is 3. The molecule has 4 rings (SSSR count). The van der Waals surface area contributed by atoms with Gasteiger partial charge in [0, 0.05) is 15.8 Å². The highest BCUT2D eigenvalue weighted by Crippen LogP contribution is 2.33. The summed E-state index contributed by atoms with van der Waals surface area (Å²) in [4.78, 5) is 30.4. The summed E-state index contributed by atoms with van der Waals surface area (Å²) >= 11 is 1.41. The average molecular weight is 390 g/mol. The maximum absolute atomic E-state index is 12.8. The molecular formula is C21H18N4O2S. The summed E-state index contributed by atoms with van der Waals surface area (Å²) in [6, 6.07) is 13.1. The molecule has 2 aromatic carbocycles. The Hall–Kier alpha value is -3.32. The summed E-state index contributed by atoms with van der Waals surface area (Å²) in [5, 5.41) is 10.6. The topological polar surface area (TPSA) is 87.7 Å². The minimum atomic E-state index is -0.409. The molecule has 6 nitrogen and oxygen atoms in total. The summed E-state index contributed by atoms with van der Waals surface area (Å²) < 4.78 is 0. The van der Waals surface area contributed by atoms with Crippen molar-refractivity contribution in [3.05, 3.63) is 74.5 Å². The lowest BCUT2D eigenvalue weighted by Gasteiger charge is -2.05. The van der Waals surface area contributed by atoms with Crippen molar-refractivity contribution in [2.24, 2.45) is 0 Å². The maximum Gasteiger partial charge on any atom is 0.278 e. The van der Waals surface area contributed by atoms with Gasteiger partial charge in [-0.1, -0.05) is 35.9 Å². The molecule has 1 amide bonds. The van der Waals surface area contributed by atoms with Gasteiger partial charge in [0.05, 0.1) is 11.1 Å². The Kier molecular flexibility index (Phi) is 4.52. The van der Waals surface area contributed by atoms with Crippen LogP contribution in [0.3, 0.4) is 0 Å². The number of anilines is 1. The first-order valence-electron chi connectivity index (χ1n) is 8.78. The number of thiazole rings is 1. The Bertz CT molecular complexity index is 1270. The number of aromatic nitrogens is 3. The van der Waals surface area contributed by atoms with E-state index in [-0.39, 0.29) is 11.3 Å². The molecule has 0 bridgehead atoms. The van der Waals surface area contributed by atoms with Crippen LogP contribution in [0.1, 0.15) is 26.5 Å². The fourth-order valence-corrected chi connectivity index (χ4v) is 3.96. The smallest absolute Gasteiger partial charge is 0.278 e. The number of hydrogen-bond acceptors (Lipinski definition) is 5. The third-order valence-corrected chi connectivity index (χ3v) is 5.46. The van der Waals surface area contributed by atoms with Crippen molar-refractivity contribution < 1.29 is 4.79 Å². The van der Waals surface area contributed by atoms with Crippen LogP contribution in [0.2, 0.25) is 0 Å². The van der Waals surface area contributed by atoms with E-state index in [1.807, 2.05) is 20.8 Å². The van der Waals surface area contributed by atoms with E-state index in [9.17, 15) is 9.59 Å². The summed E-state index contributed by atoms with van der Waals surface area (Å²) in [5.41, 5.74) is 4.04. The summed E-state index contributed by atoms with van der Waals surface area (Å²) in [7, 11) is 0. The van der Waals surface area contributed by atoms with Gasteiger partial charge >= 0.3 is 0 Å². The number of fused-ring (bicyclic) bond motifs is 1. The van der Waals surface area contributed by atoms with Crippen LogP contribution in [0.15, 0.2) is 47.3 Å². The Morgan fingerprint density at radius 2 is 1.82 bits per heavy atom. The highest BCUT2D eigenvalue weighted by atomic mass is 32.1. The van der Waals surface area contributed by atoms with E-state index in [1.165, 1.54) is 11.3 Å². The van der Waals surface area contributed by atoms with Crippen molar-refractivity contribution in [1.29, 1.82) is 0 Å². The second-order valence-corrected chi connectivity index (χ2v) is 7.85. The van der Waals surface area contributed by atoms with Crippen molar-refractivity contribution in [3.63, 3.8) is 0 Å². The van der Waals surface area contributed by atoms with Crippen LogP contribution in [0.25, 0.3) is 22.0 Å². The van der Waals surface area contributed by atoms with Crippen molar-refractivity contribution in [1.82, 2.24) is 15.2 Å². The predicted molar refractivity (Wildman–Crippen MR) is 112 cm³/mol. The molecule has 28 heavy (non-hydrogen) atoms. The second kappa shape index (κ2) is 7.01. The van der Waals surface area contributed by atoms with Gasteiger partial charge in [-0.15, -0.1) is 11.3 Å². The molecule has 0 aliphatic rings. The van der Waals surface area contributed by atoms with Gasteiger partial charge in [0.15, 0.2) is 10.8 Å². The summed E-state index contributed by atoms with van der Waals surface area (Å²) in [6.45, 7) is 6.07. The van der Waals surface area contributed by atoms with Gasteiger partial charge in [-0.05, 0) is 38.5 Å². The number of nitrogens with zero attached hydrogens (tertiary/aromatic N) is 2. The molecule has 4 aromatic rings. The zero-order valence-electron chi connectivity index (χ0n) is 15.7. The lowest BCUT2D eigenvalue weighted by atomic mass is 10.0. The highest BCUT2D eigenvalue weighted by molar-refractivity contribution is 7.16. The fourth-order valence-electron chi connectivity index (χ4n) is 3.13. The first-order chi connectivity index (χ1) is 13.4. The molecule has 0 aliphatic carbocycles. The SMILES string of the molecule is Cc1ccc(C)c(-c2nc(NC(=O)c3n[nH]c(=O)c4ccccc34)sc2C)c1. The lowest BCUT2D eigenvalue weighted by molar-refractivity contribution is 0.102. The molecule has 2 heterocycles. The number of H-pyrrole nitrogens is 1. The van der Waals surface area contributed by atoms with Gasteiger partial charge in [-0.3, -0.25) is 14.9 Å². The monoisotopic (exact) mass is 390 g/mol. The van der Waals surface area contributed by atoms with Gasteiger partial charge in [0.1, 0.15) is 0 Å². The Balaban J connectivity index is 1.70. The quantitative estimate of drug-likeness (QED) is 0.548. The number of rotatable bonds is 3. The molecule has 0 unspecified atom stereocenters. The molecule has 0 aliphatic heterocycles. The molecule has 2 N–H and O–H groups in total. The summed E-state index contributed by atoms with van der Waals surface area (Å²) in [5.74, 6) is -0.409. The minimum Gasteiger partial charge on any atom is -0.296 e. The van der Waals surface area contributed by atoms with E-state index >= 15 is 0 Å². The van der Waals surface area contributed by atoms with Crippen molar-refractivity contribution in [2.75, 3.05) is 5.32 Å². The first-order valence-corrected chi connectivity index (χ1v) is 9.59. The van der Waals surface area contributed by atoms with Crippen LogP contribution in [-0.2, 0) is 0 Å². The number of nitrogens with one attached hydrogen (secondary N) is 2. The number of benzene rings is 2. The Morgan fingerprint density at radius 1 is 1.07 bits per heavy atom. The third kappa shape index (κ3) is 3.20. The molecule has 0 saturated carbocycles. The number of carbonyl (C=O) groups is 1. The Labute approximate surface area is 165 Å². The van der Waals surface area contributed by atoms with Gasteiger partial charge in [0.25, 0.3) is 11.5 Å². The average Bonchev–Trinajstić information content (AvgIpc) is 3.04. The molecule has 7 heteroatoms. The normalized spacial score (nSPS) is 11.0. The standard InChI is InChI=1S/C21H18N4O2S/c1-11-8-9-12(2)16(10-11)17-13(3)28-21(22-17)23-20(27)18-14-6-4-5-7-15(14)19(26)25-24-18/h4-10H,1-3H3,(H,25,26)(H,22,23,27). The van der Waals surface area contributed by atoms with E-state index in [2.05, 4.69) is 38.7 Å². The minimum absolute atomic E-state index is 0.163. The Morgan fingerprint density at radius 3 is 2.61 bits per heavy atom. The second-order valence-electron chi connectivity index (χ2n) is 6.64. The van der Waals surface area contributed by atoms with Crippen molar-refractivity contribution in [3.8, 4) is 11.3 Å². The number of carbonyl (C=O) groups excluding carboxylic acids is 1. The van der Waals surface area contributed by atoms with Gasteiger partial charge in [-0.2, -0.15) is 5.10 Å². The van der Waals surface area contributed by atoms with Crippen molar-refractivity contribution in [2.45, 2.75) is 20.8 Å². The van der Waals surface area contributed by atoms with Crippen LogP contribution >= 0.6 is 11.3 Å². The third-order valence-electron chi connectivity index (χ3n) is 4.58. The van der Waals surface area contributed by atoms with Gasteiger partial charge < -0.3 is 0 Å². The molecule has 0 atom stereocenters. The summed E-state index contributed by atoms with van der Waals surface area (Å²) in [6.07, 6.45) is 0. The zero-order chi connectivity index (χ0) is 19.8. The number of hydrogen-bond donors (Lipinski definition) is 2. The zero-order valence-corrected chi connectivity index (χ0v) is 16.5. The molecule has 140 valence electrons.